The first-order valence-electron chi connectivity index (χ1n) is 20.6. The fourth-order valence-electron chi connectivity index (χ4n) is 6.06. The van der Waals surface area contributed by atoms with Crippen molar-refractivity contribution in [1.82, 2.24) is 5.32 Å². The van der Waals surface area contributed by atoms with Crippen molar-refractivity contribution in [3.63, 3.8) is 0 Å². The van der Waals surface area contributed by atoms with Crippen molar-refractivity contribution in [2.24, 2.45) is 0 Å². The Bertz CT molecular complexity index is 985. The van der Waals surface area contributed by atoms with Crippen molar-refractivity contribution in [2.45, 2.75) is 200 Å². The first kappa shape index (κ1) is 44.6. The molecule has 0 saturated carbocycles. The molecule has 0 unspecified atom stereocenters. The molecule has 0 atom stereocenters. The summed E-state index contributed by atoms with van der Waals surface area (Å²) in [4.78, 5) is 25.3. The van der Waals surface area contributed by atoms with Crippen LogP contribution in [0.3, 0.4) is 0 Å². The Balaban J connectivity index is 2.22. The maximum Gasteiger partial charge on any atom is 0.311 e. The van der Waals surface area contributed by atoms with E-state index in [-0.39, 0.29) is 11.9 Å². The molecule has 5 nitrogen and oxygen atoms in total. The van der Waals surface area contributed by atoms with Crippen LogP contribution in [0.25, 0.3) is 0 Å². The molecule has 0 radical (unpaired) electrons. The molecule has 1 aromatic carbocycles. The lowest BCUT2D eigenvalue weighted by atomic mass is 10.1. The molecular formula is C44H75NO4. The fourth-order valence-corrected chi connectivity index (χ4v) is 6.06. The number of carbonyl (C=O) groups excluding carboxylic acids is 2. The highest BCUT2D eigenvalue weighted by Crippen LogP contribution is 2.30. The van der Waals surface area contributed by atoms with E-state index in [4.69, 9.17) is 9.47 Å². The summed E-state index contributed by atoms with van der Waals surface area (Å²) < 4.78 is 11.4. The number of esters is 2. The Kier molecular flexibility index (Phi) is 31.0. The van der Waals surface area contributed by atoms with Crippen molar-refractivity contribution in [3.05, 3.63) is 48.1 Å². The number of allylic oxidation sites excluding steroid dienone is 4. The molecule has 0 heterocycles. The first-order chi connectivity index (χ1) is 24.1. The van der Waals surface area contributed by atoms with E-state index in [0.717, 1.165) is 56.9 Å². The van der Waals surface area contributed by atoms with E-state index >= 15 is 0 Å². The number of ether oxygens (including phenoxy) is 2. The number of carbonyl (C=O) groups is 2. The van der Waals surface area contributed by atoms with E-state index in [1.54, 1.807) is 12.1 Å². The minimum absolute atomic E-state index is 0.270. The molecule has 0 aliphatic rings. The Morgan fingerprint density at radius 3 is 1.29 bits per heavy atom. The molecule has 0 aromatic heterocycles. The molecule has 0 amide bonds. The van der Waals surface area contributed by atoms with Gasteiger partial charge in [-0.15, -0.1) is 0 Å². The zero-order valence-electron chi connectivity index (χ0n) is 32.2. The smallest absolute Gasteiger partial charge is 0.311 e. The molecule has 0 aliphatic carbocycles. The fraction of sp³-hybridized carbons (Fsp3) is 0.727. The quantitative estimate of drug-likeness (QED) is 0.0339. The number of hydrogen-bond acceptors (Lipinski definition) is 5. The van der Waals surface area contributed by atoms with Gasteiger partial charge in [-0.3, -0.25) is 9.59 Å². The highest BCUT2D eigenvalue weighted by Gasteiger charge is 2.15. The zero-order chi connectivity index (χ0) is 35.5. The van der Waals surface area contributed by atoms with Crippen LogP contribution >= 0.6 is 0 Å². The second-order valence-electron chi connectivity index (χ2n) is 13.9. The van der Waals surface area contributed by atoms with E-state index in [9.17, 15) is 9.59 Å². The monoisotopic (exact) mass is 682 g/mol. The van der Waals surface area contributed by atoms with Crippen LogP contribution in [0.5, 0.6) is 11.5 Å². The molecule has 0 fully saturated rings. The molecule has 5 heteroatoms. The maximum absolute atomic E-state index is 12.7. The van der Waals surface area contributed by atoms with E-state index in [1.807, 2.05) is 13.1 Å². The Morgan fingerprint density at radius 1 is 0.510 bits per heavy atom. The van der Waals surface area contributed by atoms with Gasteiger partial charge in [-0.05, 0) is 89.0 Å². The molecule has 0 bridgehead atoms. The molecule has 0 aliphatic heterocycles. The predicted octanol–water partition coefficient (Wildman–Crippen LogP) is 13.3. The molecule has 1 N–H and O–H groups in total. The van der Waals surface area contributed by atoms with Gasteiger partial charge in [0.1, 0.15) is 0 Å². The number of benzene rings is 1. The van der Waals surface area contributed by atoms with Crippen molar-refractivity contribution < 1.29 is 19.1 Å². The van der Waals surface area contributed by atoms with Gasteiger partial charge in [-0.25, -0.2) is 0 Å². The molecule has 0 spiro atoms. The standard InChI is InChI=1S/C44H75NO4/c1-4-6-8-10-12-14-16-18-20-22-24-26-28-30-32-34-43(46)48-41-37-36-40(39-45-3)38-42(41)49-44(47)35-33-31-29-27-25-23-21-19-17-15-13-11-9-7-5-2/h18-21,36-38,45H,4-17,22-35,39H2,1-3H3/b20-18-,21-19-. The molecule has 280 valence electrons. The SMILES string of the molecule is CCCCCCCC/C=C\CCCCCCCC(=O)Oc1ccc(CNC)cc1OC(=O)CCCCCCC/C=C\CCCCCCCC. The summed E-state index contributed by atoms with van der Waals surface area (Å²) >= 11 is 0. The zero-order valence-corrected chi connectivity index (χ0v) is 32.2. The average Bonchev–Trinajstić information content (AvgIpc) is 3.09. The van der Waals surface area contributed by atoms with Crippen LogP contribution in [0, 0.1) is 0 Å². The lowest BCUT2D eigenvalue weighted by molar-refractivity contribution is -0.137. The topological polar surface area (TPSA) is 64.6 Å². The number of unbranched alkanes of at least 4 members (excludes halogenated alkanes) is 22. The van der Waals surface area contributed by atoms with E-state index in [0.29, 0.717) is 30.9 Å². The lowest BCUT2D eigenvalue weighted by Crippen LogP contribution is -2.13. The van der Waals surface area contributed by atoms with E-state index in [1.165, 1.54) is 116 Å². The Morgan fingerprint density at radius 2 is 0.878 bits per heavy atom. The van der Waals surface area contributed by atoms with Gasteiger partial charge >= 0.3 is 11.9 Å². The van der Waals surface area contributed by atoms with Crippen molar-refractivity contribution in [1.29, 1.82) is 0 Å². The van der Waals surface area contributed by atoms with Gasteiger partial charge in [0, 0.05) is 19.4 Å². The molecular weight excluding hydrogens is 606 g/mol. The third-order valence-electron chi connectivity index (χ3n) is 9.12. The van der Waals surface area contributed by atoms with Crippen LogP contribution in [-0.4, -0.2) is 19.0 Å². The second kappa shape index (κ2) is 34.1. The summed E-state index contributed by atoms with van der Waals surface area (Å²) in [7, 11) is 1.88. The number of rotatable bonds is 34. The molecule has 49 heavy (non-hydrogen) atoms. The highest BCUT2D eigenvalue weighted by molar-refractivity contribution is 5.76. The minimum Gasteiger partial charge on any atom is -0.423 e. The molecule has 1 aromatic rings. The number of hydrogen-bond donors (Lipinski definition) is 1. The van der Waals surface area contributed by atoms with Gasteiger partial charge in [-0.2, -0.15) is 0 Å². The third kappa shape index (κ3) is 28.0. The van der Waals surface area contributed by atoms with Crippen LogP contribution in [-0.2, 0) is 16.1 Å². The lowest BCUT2D eigenvalue weighted by Gasteiger charge is -2.12. The second-order valence-corrected chi connectivity index (χ2v) is 13.9. The summed E-state index contributed by atoms with van der Waals surface area (Å²) in [6.07, 6.45) is 41.9. The van der Waals surface area contributed by atoms with Crippen LogP contribution in [0.15, 0.2) is 42.5 Å². The third-order valence-corrected chi connectivity index (χ3v) is 9.12. The van der Waals surface area contributed by atoms with Crippen LogP contribution < -0.4 is 14.8 Å². The molecule has 1 rings (SSSR count). The van der Waals surface area contributed by atoms with Crippen LogP contribution in [0.1, 0.15) is 199 Å². The van der Waals surface area contributed by atoms with Gasteiger partial charge in [0.25, 0.3) is 0 Å². The average molecular weight is 682 g/mol. The highest BCUT2D eigenvalue weighted by atomic mass is 16.6. The van der Waals surface area contributed by atoms with Gasteiger partial charge in [-0.1, -0.05) is 147 Å². The van der Waals surface area contributed by atoms with Crippen molar-refractivity contribution >= 4 is 11.9 Å². The minimum atomic E-state index is -0.270. The number of nitrogens with one attached hydrogen (secondary N) is 1. The van der Waals surface area contributed by atoms with Crippen LogP contribution in [0.2, 0.25) is 0 Å². The van der Waals surface area contributed by atoms with E-state index < -0.39 is 0 Å². The summed E-state index contributed by atoms with van der Waals surface area (Å²) in [5.41, 5.74) is 0.975. The maximum atomic E-state index is 12.7. The van der Waals surface area contributed by atoms with Gasteiger partial charge in [0.2, 0.25) is 0 Å². The Hall–Kier alpha value is -2.40. The van der Waals surface area contributed by atoms with Gasteiger partial charge < -0.3 is 14.8 Å². The van der Waals surface area contributed by atoms with Crippen molar-refractivity contribution in [3.8, 4) is 11.5 Å². The normalized spacial score (nSPS) is 11.6. The van der Waals surface area contributed by atoms with Crippen molar-refractivity contribution in [2.75, 3.05) is 7.05 Å². The van der Waals surface area contributed by atoms with Gasteiger partial charge in [0.15, 0.2) is 11.5 Å². The summed E-state index contributed by atoms with van der Waals surface area (Å²) in [6, 6.07) is 5.45. The van der Waals surface area contributed by atoms with Crippen LogP contribution in [0.4, 0.5) is 0 Å². The largest absolute Gasteiger partial charge is 0.423 e. The predicted molar refractivity (Wildman–Crippen MR) is 209 cm³/mol. The van der Waals surface area contributed by atoms with E-state index in [2.05, 4.69) is 43.5 Å². The first-order valence-corrected chi connectivity index (χ1v) is 20.6. The summed E-state index contributed by atoms with van der Waals surface area (Å²) in [5.74, 6) is 0.126. The molecule has 0 saturated heterocycles. The Labute approximate surface area is 302 Å². The van der Waals surface area contributed by atoms with Gasteiger partial charge in [0.05, 0.1) is 0 Å². The summed E-state index contributed by atoms with van der Waals surface area (Å²) in [6.45, 7) is 5.17. The summed E-state index contributed by atoms with van der Waals surface area (Å²) in [5, 5.41) is 3.12.